The molecule has 39 heavy (non-hydrogen) atoms. The van der Waals surface area contributed by atoms with Crippen molar-refractivity contribution in [1.82, 2.24) is 0 Å². The van der Waals surface area contributed by atoms with Crippen LogP contribution in [0.2, 0.25) is 0 Å². The molecule has 0 aliphatic carbocycles. The van der Waals surface area contributed by atoms with Gasteiger partial charge in [0, 0.05) is 6.61 Å². The highest BCUT2D eigenvalue weighted by Gasteiger charge is 2.22. The first-order valence-corrected chi connectivity index (χ1v) is 14.7. The highest BCUT2D eigenvalue weighted by molar-refractivity contribution is 7.81. The molecule has 0 saturated heterocycles. The van der Waals surface area contributed by atoms with E-state index in [1.807, 2.05) is 6.92 Å². The molecule has 0 heterocycles. The van der Waals surface area contributed by atoms with Crippen LogP contribution in [0.1, 0.15) is 19.8 Å². The summed E-state index contributed by atoms with van der Waals surface area (Å²) in [5.41, 5.74) is 0. The van der Waals surface area contributed by atoms with Gasteiger partial charge in [-0.05, 0) is 62.6 Å². The summed E-state index contributed by atoms with van der Waals surface area (Å²) in [6, 6.07) is 46.6. The molecule has 0 unspecified atom stereocenters. The standard InChI is InChI=1S/C30H21P.C4H11BO3/c1-4-16-25-22(10-1)13-7-19-28(25)31(29-20-8-14-23-11-2-5-17-26(23)29)30-21-9-15-24-12-3-6-18-27(24)30;1-2-3-4-8-5(6)7/h1-21H;6-7H,2-4H2,1H3. The second-order valence-electron chi connectivity index (χ2n) is 9.38. The highest BCUT2D eigenvalue weighted by atomic mass is 31.1. The molecular formula is C34H32BO3P. The summed E-state index contributed by atoms with van der Waals surface area (Å²) in [4.78, 5) is 0. The summed E-state index contributed by atoms with van der Waals surface area (Å²) >= 11 is 0. The van der Waals surface area contributed by atoms with Crippen LogP contribution in [-0.2, 0) is 4.65 Å². The molecule has 0 amide bonds. The van der Waals surface area contributed by atoms with Crippen LogP contribution >= 0.6 is 7.92 Å². The minimum atomic E-state index is -1.60. The smallest absolute Gasteiger partial charge is 0.402 e. The Balaban J connectivity index is 0.000000339. The molecule has 6 aromatic carbocycles. The van der Waals surface area contributed by atoms with Crippen molar-refractivity contribution in [3.05, 3.63) is 127 Å². The lowest BCUT2D eigenvalue weighted by Gasteiger charge is -2.24. The maximum absolute atomic E-state index is 8.11. The van der Waals surface area contributed by atoms with Gasteiger partial charge in [0.25, 0.3) is 0 Å². The van der Waals surface area contributed by atoms with Gasteiger partial charge in [0.1, 0.15) is 0 Å². The van der Waals surface area contributed by atoms with E-state index in [0.29, 0.717) is 6.61 Å². The van der Waals surface area contributed by atoms with Gasteiger partial charge in [-0.15, -0.1) is 0 Å². The Morgan fingerprint density at radius 3 is 1.26 bits per heavy atom. The molecular weight excluding hydrogens is 498 g/mol. The third-order valence-electron chi connectivity index (χ3n) is 6.79. The largest absolute Gasteiger partial charge is 0.633 e. The van der Waals surface area contributed by atoms with Gasteiger partial charge in [-0.3, -0.25) is 0 Å². The number of benzene rings is 6. The van der Waals surface area contributed by atoms with Crippen LogP contribution in [0.5, 0.6) is 0 Å². The molecule has 0 bridgehead atoms. The van der Waals surface area contributed by atoms with Gasteiger partial charge in [-0.2, -0.15) is 0 Å². The molecule has 0 aliphatic rings. The van der Waals surface area contributed by atoms with Crippen LogP contribution in [0, 0.1) is 0 Å². The minimum Gasteiger partial charge on any atom is -0.402 e. The van der Waals surface area contributed by atoms with Crippen molar-refractivity contribution in [3.8, 4) is 0 Å². The van der Waals surface area contributed by atoms with E-state index in [2.05, 4.69) is 132 Å². The molecule has 6 rings (SSSR count). The van der Waals surface area contributed by atoms with Crippen LogP contribution in [0.25, 0.3) is 32.3 Å². The van der Waals surface area contributed by atoms with Crippen molar-refractivity contribution >= 4 is 63.5 Å². The Hall–Kier alpha value is -3.53. The lowest BCUT2D eigenvalue weighted by Crippen LogP contribution is -2.22. The second-order valence-corrected chi connectivity index (χ2v) is 11.5. The SMILES string of the molecule is CCCCOB(O)O.c1ccc2c(P(c3cccc4ccccc34)c3cccc4ccccc34)cccc2c1. The maximum atomic E-state index is 8.11. The van der Waals surface area contributed by atoms with Crippen LogP contribution in [-0.4, -0.2) is 24.0 Å². The third kappa shape index (κ3) is 6.22. The monoisotopic (exact) mass is 530 g/mol. The van der Waals surface area contributed by atoms with Crippen LogP contribution < -0.4 is 15.9 Å². The summed E-state index contributed by atoms with van der Waals surface area (Å²) in [6.45, 7) is 2.43. The number of hydrogen-bond donors (Lipinski definition) is 2. The Bertz CT molecular complexity index is 1480. The van der Waals surface area contributed by atoms with E-state index >= 15 is 0 Å². The van der Waals surface area contributed by atoms with Gasteiger partial charge < -0.3 is 14.7 Å². The van der Waals surface area contributed by atoms with Crippen molar-refractivity contribution in [2.75, 3.05) is 6.61 Å². The Morgan fingerprint density at radius 2 is 0.897 bits per heavy atom. The topological polar surface area (TPSA) is 49.7 Å². The molecule has 5 heteroatoms. The Labute approximate surface area is 231 Å². The van der Waals surface area contributed by atoms with E-state index in [9.17, 15) is 0 Å². The van der Waals surface area contributed by atoms with Gasteiger partial charge in [-0.1, -0.05) is 141 Å². The van der Waals surface area contributed by atoms with Crippen LogP contribution in [0.3, 0.4) is 0 Å². The number of rotatable bonds is 7. The van der Waals surface area contributed by atoms with E-state index in [-0.39, 0.29) is 0 Å². The molecule has 0 aromatic heterocycles. The Morgan fingerprint density at radius 1 is 0.538 bits per heavy atom. The molecule has 0 aliphatic heterocycles. The lowest BCUT2D eigenvalue weighted by molar-refractivity contribution is 0.183. The summed E-state index contributed by atoms with van der Waals surface area (Å²) in [6.07, 6.45) is 1.88. The zero-order valence-corrected chi connectivity index (χ0v) is 23.0. The van der Waals surface area contributed by atoms with Crippen molar-refractivity contribution in [2.45, 2.75) is 19.8 Å². The molecule has 6 aromatic rings. The van der Waals surface area contributed by atoms with E-state index < -0.39 is 15.2 Å². The Kier molecular flexibility index (Phi) is 9.03. The van der Waals surface area contributed by atoms with E-state index in [1.165, 1.54) is 48.2 Å². The van der Waals surface area contributed by atoms with Gasteiger partial charge in [0.15, 0.2) is 0 Å². The maximum Gasteiger partial charge on any atom is 0.633 e. The lowest BCUT2D eigenvalue weighted by atomic mass is 10.1. The zero-order chi connectivity index (χ0) is 27.0. The first-order chi connectivity index (χ1) is 19.2. The average molecular weight is 530 g/mol. The number of hydrogen-bond acceptors (Lipinski definition) is 3. The van der Waals surface area contributed by atoms with Crippen molar-refractivity contribution in [2.24, 2.45) is 0 Å². The molecule has 0 atom stereocenters. The van der Waals surface area contributed by atoms with E-state index in [1.54, 1.807) is 0 Å². The van der Waals surface area contributed by atoms with Crippen LogP contribution in [0.4, 0.5) is 0 Å². The van der Waals surface area contributed by atoms with Crippen LogP contribution in [0.15, 0.2) is 127 Å². The predicted octanol–water partition coefficient (Wildman–Crippen LogP) is 6.68. The molecule has 2 N–H and O–H groups in total. The van der Waals surface area contributed by atoms with Crippen molar-refractivity contribution < 1.29 is 14.7 Å². The molecule has 0 saturated carbocycles. The summed E-state index contributed by atoms with van der Waals surface area (Å²) in [5.74, 6) is 0. The first-order valence-electron chi connectivity index (χ1n) is 13.4. The number of fused-ring (bicyclic) bond motifs is 3. The summed E-state index contributed by atoms with van der Waals surface area (Å²) < 4.78 is 4.39. The van der Waals surface area contributed by atoms with Gasteiger partial charge >= 0.3 is 7.32 Å². The van der Waals surface area contributed by atoms with Gasteiger partial charge in [0.05, 0.1) is 0 Å². The zero-order valence-electron chi connectivity index (χ0n) is 22.1. The molecule has 3 nitrogen and oxygen atoms in total. The van der Waals surface area contributed by atoms with E-state index in [0.717, 1.165) is 12.8 Å². The molecule has 194 valence electrons. The quantitative estimate of drug-likeness (QED) is 0.138. The van der Waals surface area contributed by atoms with Crippen molar-refractivity contribution in [3.63, 3.8) is 0 Å². The second kappa shape index (κ2) is 13.0. The first kappa shape index (κ1) is 27.1. The third-order valence-corrected chi connectivity index (χ3v) is 9.40. The fourth-order valence-electron chi connectivity index (χ4n) is 4.93. The van der Waals surface area contributed by atoms with Gasteiger partial charge in [-0.25, -0.2) is 0 Å². The molecule has 0 spiro atoms. The average Bonchev–Trinajstić information content (AvgIpc) is 2.98. The fourth-order valence-corrected chi connectivity index (χ4v) is 7.75. The normalized spacial score (nSPS) is 11.1. The predicted molar refractivity (Wildman–Crippen MR) is 169 cm³/mol. The summed E-state index contributed by atoms with van der Waals surface area (Å²) in [5, 5.41) is 28.4. The highest BCUT2D eigenvalue weighted by Crippen LogP contribution is 2.40. The summed E-state index contributed by atoms with van der Waals surface area (Å²) in [7, 11) is -2.34. The minimum absolute atomic E-state index is 0.425. The molecule has 0 fully saturated rings. The fraction of sp³-hybridized carbons (Fsp3) is 0.118. The van der Waals surface area contributed by atoms with Crippen molar-refractivity contribution in [1.29, 1.82) is 0 Å². The van der Waals surface area contributed by atoms with Gasteiger partial charge in [0.2, 0.25) is 0 Å². The number of unbranched alkanes of at least 4 members (excludes halogenated alkanes) is 1. The van der Waals surface area contributed by atoms with E-state index in [4.69, 9.17) is 10.0 Å². The molecule has 0 radical (unpaired) electrons.